The minimum Gasteiger partial charge on any atom is -0.211 e. The van der Waals surface area contributed by atoms with Crippen molar-refractivity contribution in [2.75, 3.05) is 6.54 Å². The Hall–Kier alpha value is -2.96. The summed E-state index contributed by atoms with van der Waals surface area (Å²) in [6.45, 7) is 2.52. The Balaban J connectivity index is 1.67. The van der Waals surface area contributed by atoms with E-state index < -0.39 is 22.1 Å². The van der Waals surface area contributed by atoms with Gasteiger partial charge in [0.1, 0.15) is 0 Å². The van der Waals surface area contributed by atoms with Gasteiger partial charge in [0.2, 0.25) is 10.0 Å². The highest BCUT2D eigenvalue weighted by molar-refractivity contribution is 7.89. The van der Waals surface area contributed by atoms with Crippen LogP contribution in [0.4, 0.5) is 0 Å². The van der Waals surface area contributed by atoms with Crippen LogP contribution in [0.1, 0.15) is 40.8 Å². The molecule has 0 amide bonds. The normalized spacial score (nSPS) is 13.4. The molecular weight excluding hydrogens is 488 g/mol. The largest absolute Gasteiger partial charge is 0.241 e. The first kappa shape index (κ1) is 26.1. The van der Waals surface area contributed by atoms with Gasteiger partial charge in [-0.05, 0) is 60.4 Å². The summed E-state index contributed by atoms with van der Waals surface area (Å²) in [5.74, 6) is 0. The molecule has 0 spiro atoms. The number of nitrogens with zero attached hydrogens (tertiary/aromatic N) is 1. The highest BCUT2D eigenvalue weighted by Gasteiger charge is 2.33. The van der Waals surface area contributed by atoms with Gasteiger partial charge in [-0.25, -0.2) is 17.6 Å². The smallest absolute Gasteiger partial charge is 0.211 e. The van der Waals surface area contributed by atoms with Crippen molar-refractivity contribution in [1.29, 1.82) is 0 Å². The number of rotatable bonds is 11. The molecule has 186 valence electrons. The minimum atomic E-state index is -3.81. The Kier molecular flexibility index (Phi) is 8.94. The number of hydrogen-bond donors (Lipinski definition) is 1. The van der Waals surface area contributed by atoms with E-state index in [1.807, 2.05) is 85.8 Å². The number of aryl methyl sites for hydroxylation is 2. The number of hydrogen-bond acceptors (Lipinski definition) is 3. The van der Waals surface area contributed by atoms with Gasteiger partial charge < -0.3 is 0 Å². The minimum absolute atomic E-state index is 0.228. The van der Waals surface area contributed by atoms with Crippen LogP contribution in [-0.2, 0) is 16.4 Å². The molecule has 0 aliphatic rings. The molecule has 2 atom stereocenters. The number of benzene rings is 4. The first-order valence-electron chi connectivity index (χ1n) is 12.1. The van der Waals surface area contributed by atoms with Crippen molar-refractivity contribution < 1.29 is 8.42 Å². The molecule has 0 aliphatic heterocycles. The van der Waals surface area contributed by atoms with E-state index in [2.05, 4.69) is 16.9 Å². The van der Waals surface area contributed by atoms with Crippen molar-refractivity contribution in [2.24, 2.45) is 0 Å². The summed E-state index contributed by atoms with van der Waals surface area (Å²) < 4.78 is 31.7. The van der Waals surface area contributed by atoms with Crippen LogP contribution in [0.5, 0.6) is 0 Å². The Morgan fingerprint density at radius 3 is 1.86 bits per heavy atom. The van der Waals surface area contributed by atoms with Gasteiger partial charge in [-0.2, -0.15) is 0 Å². The molecule has 1 N–H and O–H groups in total. The maximum atomic E-state index is 13.5. The predicted molar refractivity (Wildman–Crippen MR) is 147 cm³/mol. The predicted octanol–water partition coefficient (Wildman–Crippen LogP) is 6.84. The molecule has 0 saturated carbocycles. The third kappa shape index (κ3) is 6.83. The average Bonchev–Trinajstić information content (AvgIpc) is 2.90. The zero-order chi connectivity index (χ0) is 25.4. The second-order valence-electron chi connectivity index (χ2n) is 8.89. The fourth-order valence-corrected chi connectivity index (χ4v) is 5.89. The van der Waals surface area contributed by atoms with Gasteiger partial charge in [0.05, 0.1) is 17.0 Å². The Labute approximate surface area is 219 Å². The number of sulfonamides is 1. The molecule has 0 unspecified atom stereocenters. The van der Waals surface area contributed by atoms with Gasteiger partial charge in [-0.15, -0.1) is 0 Å². The van der Waals surface area contributed by atoms with E-state index in [4.69, 9.17) is 11.8 Å². The fraction of sp³-hybridized carbons (Fsp3) is 0.200. The molecule has 4 aromatic rings. The molecule has 4 aromatic carbocycles. The summed E-state index contributed by atoms with van der Waals surface area (Å²) >= 11 is 6.99. The standard InChI is InChI=1S/C30H31ClN2O2S/c1-24-19-21-28(22-20-24)36(34,35)32-29(26-15-7-3-8-16-26)30(27-17-9-4-10-18-27)33(31)23-11-14-25-12-5-2-6-13-25/h2-10,12-13,15-22,29-30,32H,11,14,23H2,1H3/t29-,30-/m0/s1. The highest BCUT2D eigenvalue weighted by Crippen LogP contribution is 2.37. The second kappa shape index (κ2) is 12.3. The first-order valence-corrected chi connectivity index (χ1v) is 13.9. The lowest BCUT2D eigenvalue weighted by atomic mass is 9.94. The maximum Gasteiger partial charge on any atom is 0.241 e. The average molecular weight is 519 g/mol. The topological polar surface area (TPSA) is 49.4 Å². The summed E-state index contributed by atoms with van der Waals surface area (Å²) in [6.07, 6.45) is 1.72. The van der Waals surface area contributed by atoms with Crippen LogP contribution in [0.25, 0.3) is 0 Å². The van der Waals surface area contributed by atoms with E-state index in [-0.39, 0.29) is 4.90 Å². The third-order valence-electron chi connectivity index (χ3n) is 6.21. The Bertz CT molecular complexity index is 1320. The second-order valence-corrected chi connectivity index (χ2v) is 11.0. The number of nitrogens with one attached hydrogen (secondary N) is 1. The van der Waals surface area contributed by atoms with Crippen molar-refractivity contribution in [1.82, 2.24) is 9.14 Å². The quantitative estimate of drug-likeness (QED) is 0.221. The summed E-state index contributed by atoms with van der Waals surface area (Å²) in [4.78, 5) is 0.228. The molecule has 0 radical (unpaired) electrons. The van der Waals surface area contributed by atoms with Crippen LogP contribution in [0.2, 0.25) is 0 Å². The lowest BCUT2D eigenvalue weighted by Gasteiger charge is -2.34. The molecule has 0 saturated heterocycles. The van der Waals surface area contributed by atoms with Crippen molar-refractivity contribution in [3.05, 3.63) is 138 Å². The molecular formula is C30H31ClN2O2S. The van der Waals surface area contributed by atoms with Crippen LogP contribution in [0, 0.1) is 6.92 Å². The van der Waals surface area contributed by atoms with Gasteiger partial charge in [0.25, 0.3) is 0 Å². The zero-order valence-electron chi connectivity index (χ0n) is 20.3. The van der Waals surface area contributed by atoms with Crippen LogP contribution >= 0.6 is 11.8 Å². The molecule has 6 heteroatoms. The van der Waals surface area contributed by atoms with Crippen molar-refractivity contribution >= 4 is 21.8 Å². The van der Waals surface area contributed by atoms with Crippen molar-refractivity contribution in [2.45, 2.75) is 36.7 Å². The van der Waals surface area contributed by atoms with E-state index in [0.29, 0.717) is 6.54 Å². The monoisotopic (exact) mass is 518 g/mol. The fourth-order valence-electron chi connectivity index (χ4n) is 4.31. The van der Waals surface area contributed by atoms with E-state index in [1.165, 1.54) is 5.56 Å². The maximum absolute atomic E-state index is 13.5. The van der Waals surface area contributed by atoms with Gasteiger partial charge in [0.15, 0.2) is 0 Å². The van der Waals surface area contributed by atoms with Gasteiger partial charge in [0, 0.05) is 6.54 Å². The van der Waals surface area contributed by atoms with Crippen LogP contribution in [0.15, 0.2) is 120 Å². The third-order valence-corrected chi connectivity index (χ3v) is 8.05. The van der Waals surface area contributed by atoms with Crippen LogP contribution in [0.3, 0.4) is 0 Å². The van der Waals surface area contributed by atoms with Crippen molar-refractivity contribution in [3.8, 4) is 0 Å². The Morgan fingerprint density at radius 1 is 0.750 bits per heavy atom. The first-order chi connectivity index (χ1) is 17.4. The summed E-state index contributed by atoms with van der Waals surface area (Å²) in [7, 11) is -3.81. The van der Waals surface area contributed by atoms with E-state index in [9.17, 15) is 8.42 Å². The molecule has 0 bridgehead atoms. The molecule has 0 heterocycles. The van der Waals surface area contributed by atoms with Crippen molar-refractivity contribution in [3.63, 3.8) is 0 Å². The Morgan fingerprint density at radius 2 is 1.28 bits per heavy atom. The SMILES string of the molecule is Cc1ccc(S(=O)(=O)N[C@@H](c2ccccc2)[C@H](c2ccccc2)N(Cl)CCCc2ccccc2)cc1. The summed E-state index contributed by atoms with van der Waals surface area (Å²) in [5.41, 5.74) is 4.03. The van der Waals surface area contributed by atoms with Crippen LogP contribution < -0.4 is 4.72 Å². The van der Waals surface area contributed by atoms with Gasteiger partial charge >= 0.3 is 0 Å². The molecule has 4 nitrogen and oxygen atoms in total. The van der Waals surface area contributed by atoms with Gasteiger partial charge in [-0.3, -0.25) is 0 Å². The lowest BCUT2D eigenvalue weighted by Crippen LogP contribution is -2.38. The zero-order valence-corrected chi connectivity index (χ0v) is 21.9. The highest BCUT2D eigenvalue weighted by atomic mass is 35.5. The molecule has 0 aromatic heterocycles. The van der Waals surface area contributed by atoms with E-state index in [0.717, 1.165) is 29.5 Å². The molecule has 36 heavy (non-hydrogen) atoms. The molecule has 0 aliphatic carbocycles. The van der Waals surface area contributed by atoms with Crippen LogP contribution in [-0.4, -0.2) is 19.4 Å². The van der Waals surface area contributed by atoms with Gasteiger partial charge in [-0.1, -0.05) is 109 Å². The molecule has 0 fully saturated rings. The lowest BCUT2D eigenvalue weighted by molar-refractivity contribution is 0.284. The molecule has 4 rings (SSSR count). The van der Waals surface area contributed by atoms with E-state index in [1.54, 1.807) is 28.7 Å². The van der Waals surface area contributed by atoms with E-state index >= 15 is 0 Å². The number of halogens is 1. The summed E-state index contributed by atoms with van der Waals surface area (Å²) in [6, 6.07) is 35.6. The summed E-state index contributed by atoms with van der Waals surface area (Å²) in [5, 5.41) is 0.